The van der Waals surface area contributed by atoms with Gasteiger partial charge in [-0.25, -0.2) is 0 Å². The smallest absolute Gasteiger partial charge is 0.250 e. The number of aliphatic hydroxyl groups excluding tert-OH is 1. The fourth-order valence-corrected chi connectivity index (χ4v) is 9.63. The van der Waals surface area contributed by atoms with E-state index in [0.29, 0.717) is 12.8 Å². The van der Waals surface area contributed by atoms with Crippen LogP contribution < -0.4 is 4.43 Å². The molecule has 0 unspecified atom stereocenters. The van der Waals surface area contributed by atoms with Gasteiger partial charge in [0.2, 0.25) is 8.32 Å². The highest BCUT2D eigenvalue weighted by molar-refractivity contribution is 8.18. The Hall–Kier alpha value is -0.433. The summed E-state index contributed by atoms with van der Waals surface area (Å²) in [5, 5.41) is 10.8. The zero-order valence-electron chi connectivity index (χ0n) is 27.4. The van der Waals surface area contributed by atoms with Crippen LogP contribution in [0.5, 0.6) is 5.75 Å². The van der Waals surface area contributed by atoms with Crippen molar-refractivity contribution in [2.45, 2.75) is 165 Å². The third kappa shape index (κ3) is 14.7. The number of aryl methyl sites for hydroxylation is 1. The summed E-state index contributed by atoms with van der Waals surface area (Å²) >= 11 is 3.95. The maximum absolute atomic E-state index is 13.1. The van der Waals surface area contributed by atoms with Gasteiger partial charge in [-0.3, -0.25) is 4.79 Å². The Morgan fingerprint density at radius 1 is 0.927 bits per heavy atom. The molecule has 2 rings (SSSR count). The van der Waals surface area contributed by atoms with Crippen molar-refractivity contribution < 1.29 is 14.3 Å². The molecule has 0 saturated carbocycles. The van der Waals surface area contributed by atoms with E-state index < -0.39 is 14.4 Å². The zero-order valence-corrected chi connectivity index (χ0v) is 30.0. The van der Waals surface area contributed by atoms with Crippen LogP contribution in [0.2, 0.25) is 18.1 Å². The van der Waals surface area contributed by atoms with Gasteiger partial charge in [0.15, 0.2) is 0 Å². The molecule has 0 aliphatic carbocycles. The predicted molar refractivity (Wildman–Crippen MR) is 186 cm³/mol. The average molecular weight is 623 g/mol. The van der Waals surface area contributed by atoms with Crippen LogP contribution >= 0.6 is 23.5 Å². The van der Waals surface area contributed by atoms with E-state index in [1.165, 1.54) is 76.2 Å². The Kier molecular flexibility index (Phi) is 17.1. The lowest BCUT2D eigenvalue weighted by molar-refractivity contribution is -0.121. The van der Waals surface area contributed by atoms with E-state index >= 15 is 0 Å². The minimum absolute atomic E-state index is 0.0537. The van der Waals surface area contributed by atoms with E-state index in [4.69, 9.17) is 4.43 Å². The van der Waals surface area contributed by atoms with Gasteiger partial charge in [0.25, 0.3) is 0 Å². The molecule has 1 atom stereocenters. The Bertz CT molecular complexity index is 844. The van der Waals surface area contributed by atoms with Crippen LogP contribution in [0.4, 0.5) is 0 Å². The Balaban J connectivity index is 1.72. The molecule has 1 aromatic carbocycles. The van der Waals surface area contributed by atoms with Gasteiger partial charge in [0, 0.05) is 12.8 Å². The van der Waals surface area contributed by atoms with Crippen molar-refractivity contribution in [1.82, 2.24) is 0 Å². The fraction of sp³-hybridized carbons (Fsp3) is 0.800. The summed E-state index contributed by atoms with van der Waals surface area (Å²) in [6.45, 7) is 13.7. The van der Waals surface area contributed by atoms with Crippen LogP contribution in [0.3, 0.4) is 0 Å². The molecular weight excluding hydrogens is 561 g/mol. The maximum Gasteiger partial charge on any atom is 0.250 e. The number of Topliss-reactive ketones (excluding diaryl/α,β-unsaturated/α-hetero) is 1. The van der Waals surface area contributed by atoms with Crippen LogP contribution in [-0.4, -0.2) is 40.9 Å². The van der Waals surface area contributed by atoms with Crippen LogP contribution in [0.1, 0.15) is 136 Å². The molecule has 1 aliphatic rings. The number of thioether (sulfide) groups is 2. The van der Waals surface area contributed by atoms with E-state index in [-0.39, 0.29) is 14.9 Å². The molecule has 1 fully saturated rings. The molecule has 0 spiro atoms. The van der Waals surface area contributed by atoms with Gasteiger partial charge in [-0.05, 0) is 73.0 Å². The number of unbranched alkanes of at least 4 members (excludes halogenated alkanes) is 10. The Morgan fingerprint density at radius 2 is 1.46 bits per heavy atom. The molecule has 1 heterocycles. The van der Waals surface area contributed by atoms with Crippen LogP contribution in [-0.2, 0) is 11.2 Å². The van der Waals surface area contributed by atoms with Crippen molar-refractivity contribution in [2.24, 2.45) is 0 Å². The number of carbonyl (C=O) groups is 1. The molecule has 0 radical (unpaired) electrons. The number of rotatable bonds is 21. The predicted octanol–water partition coefficient (Wildman–Crippen LogP) is 11.0. The summed E-state index contributed by atoms with van der Waals surface area (Å²) in [6, 6.07) is 8.65. The average Bonchev–Trinajstić information content (AvgIpc) is 2.91. The molecule has 0 amide bonds. The molecule has 236 valence electrons. The van der Waals surface area contributed by atoms with E-state index in [2.05, 4.69) is 65.1 Å². The first-order valence-electron chi connectivity index (χ1n) is 16.7. The quantitative estimate of drug-likeness (QED) is 0.109. The van der Waals surface area contributed by atoms with Gasteiger partial charge >= 0.3 is 0 Å². The third-order valence-electron chi connectivity index (χ3n) is 8.99. The number of ketones is 1. The summed E-state index contributed by atoms with van der Waals surface area (Å²) in [4.78, 5) is 13.1. The minimum atomic E-state index is -1.84. The second-order valence-corrected chi connectivity index (χ2v) is 21.8. The lowest BCUT2D eigenvalue weighted by Crippen LogP contribution is -2.43. The lowest BCUT2D eigenvalue weighted by atomic mass is 9.99. The molecule has 0 bridgehead atoms. The van der Waals surface area contributed by atoms with E-state index in [1.807, 2.05) is 23.5 Å². The highest BCUT2D eigenvalue weighted by Crippen LogP contribution is 2.48. The standard InChI is InChI=1S/C35H62O3S2Si/c1-7-8-9-10-11-12-13-14-15-16-17-19-31(36)28-32(37)29-35(39-26-18-27-40-35)25-24-30-20-22-33(23-21-30)38-41(5,6)34(2,3)4/h20-23,31,36H,7-19,24-29H2,1-6H3/t31-/m1/s1. The van der Waals surface area contributed by atoms with Gasteiger partial charge in [-0.15, -0.1) is 23.5 Å². The topological polar surface area (TPSA) is 46.5 Å². The fourth-order valence-electron chi connectivity index (χ4n) is 5.24. The van der Waals surface area contributed by atoms with Gasteiger partial charge in [-0.2, -0.15) is 0 Å². The van der Waals surface area contributed by atoms with Gasteiger partial charge < -0.3 is 9.53 Å². The molecular formula is C35H62O3S2Si. The first kappa shape index (κ1) is 36.8. The monoisotopic (exact) mass is 622 g/mol. The number of aliphatic hydroxyl groups is 1. The number of benzene rings is 1. The Morgan fingerprint density at radius 3 is 2.00 bits per heavy atom. The second-order valence-electron chi connectivity index (χ2n) is 13.9. The summed E-state index contributed by atoms with van der Waals surface area (Å²) in [7, 11) is -1.84. The molecule has 41 heavy (non-hydrogen) atoms. The van der Waals surface area contributed by atoms with Crippen LogP contribution in [0.25, 0.3) is 0 Å². The minimum Gasteiger partial charge on any atom is -0.544 e. The summed E-state index contributed by atoms with van der Waals surface area (Å²) in [5.41, 5.74) is 1.31. The highest BCUT2D eigenvalue weighted by Gasteiger charge is 2.39. The molecule has 6 heteroatoms. The van der Waals surface area contributed by atoms with E-state index in [1.54, 1.807) is 0 Å². The second kappa shape index (κ2) is 19.1. The van der Waals surface area contributed by atoms with Gasteiger partial charge in [0.1, 0.15) is 11.5 Å². The van der Waals surface area contributed by atoms with Crippen LogP contribution in [0.15, 0.2) is 24.3 Å². The first-order valence-corrected chi connectivity index (χ1v) is 21.6. The lowest BCUT2D eigenvalue weighted by Gasteiger charge is -2.36. The van der Waals surface area contributed by atoms with Crippen molar-refractivity contribution >= 4 is 37.6 Å². The number of carbonyl (C=O) groups excluding carboxylic acids is 1. The largest absolute Gasteiger partial charge is 0.544 e. The van der Waals surface area contributed by atoms with Crippen molar-refractivity contribution in [3.63, 3.8) is 0 Å². The van der Waals surface area contributed by atoms with E-state index in [0.717, 1.165) is 42.9 Å². The molecule has 1 N–H and O–H groups in total. The molecule has 3 nitrogen and oxygen atoms in total. The molecule has 1 aromatic rings. The number of hydrogen-bond donors (Lipinski definition) is 1. The zero-order chi connectivity index (χ0) is 30.2. The highest BCUT2D eigenvalue weighted by atomic mass is 32.2. The van der Waals surface area contributed by atoms with Gasteiger partial charge in [0.05, 0.1) is 10.2 Å². The van der Waals surface area contributed by atoms with Crippen molar-refractivity contribution in [2.75, 3.05) is 11.5 Å². The summed E-state index contributed by atoms with van der Waals surface area (Å²) in [5.74, 6) is 3.46. The van der Waals surface area contributed by atoms with Crippen LogP contribution in [0, 0.1) is 0 Å². The van der Waals surface area contributed by atoms with E-state index in [9.17, 15) is 9.90 Å². The molecule has 1 saturated heterocycles. The normalized spacial score (nSPS) is 16.5. The SMILES string of the molecule is CCCCCCCCCCCCC[C@@H](O)CC(=O)CC1(CCc2ccc(O[Si](C)(C)C(C)(C)C)cc2)SCCCS1. The van der Waals surface area contributed by atoms with Crippen molar-refractivity contribution in [3.05, 3.63) is 29.8 Å². The van der Waals surface area contributed by atoms with Crippen molar-refractivity contribution in [3.8, 4) is 5.75 Å². The summed E-state index contributed by atoms with van der Waals surface area (Å²) < 4.78 is 6.41. The maximum atomic E-state index is 13.1. The van der Waals surface area contributed by atoms with Crippen molar-refractivity contribution in [1.29, 1.82) is 0 Å². The first-order chi connectivity index (χ1) is 19.5. The molecule has 1 aliphatic heterocycles. The van der Waals surface area contributed by atoms with Gasteiger partial charge in [-0.1, -0.05) is 110 Å². The Labute approximate surface area is 263 Å². The molecule has 0 aromatic heterocycles. The summed E-state index contributed by atoms with van der Waals surface area (Å²) in [6.07, 6.45) is 18.7. The number of hydrogen-bond acceptors (Lipinski definition) is 5. The third-order valence-corrected chi connectivity index (χ3v) is 16.8.